The van der Waals surface area contributed by atoms with Gasteiger partial charge in [-0.25, -0.2) is 9.97 Å². The number of benzene rings is 1. The average molecular weight is 341 g/mol. The molecule has 0 N–H and O–H groups in total. The summed E-state index contributed by atoms with van der Waals surface area (Å²) in [5.41, 5.74) is 3.84. The zero-order valence-corrected chi connectivity index (χ0v) is 14.9. The Morgan fingerprint density at radius 2 is 1.83 bits per heavy atom. The van der Waals surface area contributed by atoms with E-state index in [9.17, 15) is 0 Å². The van der Waals surface area contributed by atoms with E-state index >= 15 is 0 Å². The van der Waals surface area contributed by atoms with Crippen molar-refractivity contribution in [2.75, 3.05) is 0 Å². The molecule has 0 atom stereocenters. The summed E-state index contributed by atoms with van der Waals surface area (Å²) in [5.74, 6) is 0. The third kappa shape index (κ3) is 3.15. The van der Waals surface area contributed by atoms with Crippen LogP contribution in [0.5, 0.6) is 0 Å². The molecular weight excluding hydrogens is 320 g/mol. The number of aryl methyl sites for hydroxylation is 1. The van der Waals surface area contributed by atoms with E-state index < -0.39 is 0 Å². The fraction of sp³-hybridized carbons (Fsp3) is 0.368. The highest BCUT2D eigenvalue weighted by atomic mass is 32.2. The summed E-state index contributed by atoms with van der Waals surface area (Å²) in [6.45, 7) is 2.13. The lowest BCUT2D eigenvalue weighted by Gasteiger charge is -2.20. The van der Waals surface area contributed by atoms with Gasteiger partial charge in [0.1, 0.15) is 16.2 Å². The maximum atomic E-state index is 4.64. The SMILES string of the molecule is Cc1ccc(-c2csc3ncnc(SC4CCCCC4)c23)cc1. The minimum atomic E-state index is 0.715. The normalized spacial score (nSPS) is 16.0. The van der Waals surface area contributed by atoms with Crippen molar-refractivity contribution >= 4 is 33.3 Å². The van der Waals surface area contributed by atoms with Crippen molar-refractivity contribution in [3.05, 3.63) is 41.5 Å². The van der Waals surface area contributed by atoms with Crippen molar-refractivity contribution in [3.63, 3.8) is 0 Å². The maximum absolute atomic E-state index is 4.64. The zero-order valence-electron chi connectivity index (χ0n) is 13.3. The smallest absolute Gasteiger partial charge is 0.128 e. The Morgan fingerprint density at radius 3 is 2.61 bits per heavy atom. The highest BCUT2D eigenvalue weighted by Gasteiger charge is 2.19. The van der Waals surface area contributed by atoms with Gasteiger partial charge in [-0.1, -0.05) is 49.1 Å². The highest BCUT2D eigenvalue weighted by molar-refractivity contribution is 8.00. The number of fused-ring (bicyclic) bond motifs is 1. The van der Waals surface area contributed by atoms with Gasteiger partial charge in [-0.3, -0.25) is 0 Å². The molecule has 1 aliphatic carbocycles. The largest absolute Gasteiger partial charge is 0.229 e. The lowest BCUT2D eigenvalue weighted by Crippen LogP contribution is -2.08. The van der Waals surface area contributed by atoms with Crippen LogP contribution in [0.2, 0.25) is 0 Å². The molecule has 2 aromatic heterocycles. The fourth-order valence-electron chi connectivity index (χ4n) is 3.22. The van der Waals surface area contributed by atoms with Gasteiger partial charge in [0.15, 0.2) is 0 Å². The number of nitrogens with zero attached hydrogens (tertiary/aromatic N) is 2. The molecule has 3 aromatic rings. The number of thiophene rings is 1. The van der Waals surface area contributed by atoms with Gasteiger partial charge in [0.25, 0.3) is 0 Å². The van der Waals surface area contributed by atoms with Gasteiger partial charge < -0.3 is 0 Å². The van der Waals surface area contributed by atoms with Crippen LogP contribution < -0.4 is 0 Å². The Balaban J connectivity index is 1.75. The van der Waals surface area contributed by atoms with Crippen molar-refractivity contribution in [3.8, 4) is 11.1 Å². The second-order valence-electron chi connectivity index (χ2n) is 6.25. The predicted molar refractivity (Wildman–Crippen MR) is 100 cm³/mol. The first-order valence-corrected chi connectivity index (χ1v) is 10.0. The van der Waals surface area contributed by atoms with Crippen LogP contribution in [0, 0.1) is 6.92 Å². The molecule has 0 spiro atoms. The second kappa shape index (κ2) is 6.62. The van der Waals surface area contributed by atoms with Crippen LogP contribution in [0.4, 0.5) is 0 Å². The molecule has 1 fully saturated rings. The predicted octanol–water partition coefficient (Wildman–Crippen LogP) is 6.09. The molecule has 0 amide bonds. The van der Waals surface area contributed by atoms with E-state index in [2.05, 4.69) is 46.5 Å². The lowest BCUT2D eigenvalue weighted by atomic mass is 10.0. The van der Waals surface area contributed by atoms with Gasteiger partial charge in [-0.2, -0.15) is 0 Å². The van der Waals surface area contributed by atoms with Gasteiger partial charge in [-0.05, 0) is 25.3 Å². The summed E-state index contributed by atoms with van der Waals surface area (Å²) >= 11 is 3.69. The van der Waals surface area contributed by atoms with E-state index in [4.69, 9.17) is 0 Å². The van der Waals surface area contributed by atoms with Crippen molar-refractivity contribution in [2.45, 2.75) is 49.3 Å². The van der Waals surface area contributed by atoms with E-state index in [1.54, 1.807) is 17.7 Å². The minimum Gasteiger partial charge on any atom is -0.229 e. The van der Waals surface area contributed by atoms with Gasteiger partial charge in [0.05, 0.1) is 5.39 Å². The number of hydrogen-bond acceptors (Lipinski definition) is 4. The molecule has 0 saturated heterocycles. The summed E-state index contributed by atoms with van der Waals surface area (Å²) in [5, 5.41) is 5.36. The first-order chi connectivity index (χ1) is 11.3. The molecule has 0 bridgehead atoms. The third-order valence-corrected chi connectivity index (χ3v) is 6.75. The van der Waals surface area contributed by atoms with E-state index in [1.165, 1.54) is 59.2 Å². The molecule has 1 aromatic carbocycles. The van der Waals surface area contributed by atoms with Crippen LogP contribution in [-0.4, -0.2) is 15.2 Å². The standard InChI is InChI=1S/C19H20N2S2/c1-13-7-9-14(10-8-13)16-11-22-18-17(16)19(21-12-20-18)23-15-5-3-2-4-6-15/h7-12,15H,2-6H2,1H3. The maximum Gasteiger partial charge on any atom is 0.128 e. The lowest BCUT2D eigenvalue weighted by molar-refractivity contribution is 0.516. The van der Waals surface area contributed by atoms with Crippen LogP contribution in [0.3, 0.4) is 0 Å². The Kier molecular flexibility index (Phi) is 4.36. The molecule has 1 aliphatic rings. The van der Waals surface area contributed by atoms with E-state index in [1.807, 2.05) is 11.8 Å². The number of thioether (sulfide) groups is 1. The van der Waals surface area contributed by atoms with Crippen LogP contribution in [0.25, 0.3) is 21.3 Å². The number of rotatable bonds is 3. The second-order valence-corrected chi connectivity index (χ2v) is 8.40. The molecule has 4 heteroatoms. The number of hydrogen-bond donors (Lipinski definition) is 0. The molecule has 2 heterocycles. The van der Waals surface area contributed by atoms with Crippen molar-refractivity contribution < 1.29 is 0 Å². The molecule has 0 unspecified atom stereocenters. The molecule has 0 radical (unpaired) electrons. The van der Waals surface area contributed by atoms with Gasteiger partial charge in [0, 0.05) is 16.2 Å². The van der Waals surface area contributed by atoms with Crippen molar-refractivity contribution in [1.82, 2.24) is 9.97 Å². The van der Waals surface area contributed by atoms with Gasteiger partial charge in [-0.15, -0.1) is 23.1 Å². The van der Waals surface area contributed by atoms with Gasteiger partial charge in [0.2, 0.25) is 0 Å². The summed E-state index contributed by atoms with van der Waals surface area (Å²) in [6.07, 6.45) is 8.48. The first kappa shape index (κ1) is 15.2. The highest BCUT2D eigenvalue weighted by Crippen LogP contribution is 2.41. The summed E-state index contributed by atoms with van der Waals surface area (Å²) < 4.78 is 0. The van der Waals surface area contributed by atoms with E-state index in [0.29, 0.717) is 5.25 Å². The van der Waals surface area contributed by atoms with Crippen molar-refractivity contribution in [2.24, 2.45) is 0 Å². The Morgan fingerprint density at radius 1 is 1.04 bits per heavy atom. The summed E-state index contributed by atoms with van der Waals surface area (Å²) in [4.78, 5) is 10.2. The Labute approximate surface area is 145 Å². The monoisotopic (exact) mass is 340 g/mol. The Hall–Kier alpha value is -1.39. The third-order valence-electron chi connectivity index (χ3n) is 4.53. The van der Waals surface area contributed by atoms with E-state index in [0.717, 1.165) is 4.83 Å². The molecule has 0 aliphatic heterocycles. The van der Waals surface area contributed by atoms with Crippen LogP contribution in [0.15, 0.2) is 41.0 Å². The topological polar surface area (TPSA) is 25.8 Å². The molecular formula is C19H20N2S2. The summed E-state index contributed by atoms with van der Waals surface area (Å²) in [6, 6.07) is 8.77. The van der Waals surface area contributed by atoms with E-state index in [-0.39, 0.29) is 0 Å². The van der Waals surface area contributed by atoms with Crippen LogP contribution >= 0.6 is 23.1 Å². The number of aromatic nitrogens is 2. The minimum absolute atomic E-state index is 0.715. The fourth-order valence-corrected chi connectivity index (χ4v) is 5.52. The average Bonchev–Trinajstić information content (AvgIpc) is 3.02. The first-order valence-electron chi connectivity index (χ1n) is 8.27. The van der Waals surface area contributed by atoms with Crippen molar-refractivity contribution in [1.29, 1.82) is 0 Å². The van der Waals surface area contributed by atoms with Crippen LogP contribution in [-0.2, 0) is 0 Å². The molecule has 118 valence electrons. The van der Waals surface area contributed by atoms with Crippen LogP contribution in [0.1, 0.15) is 37.7 Å². The zero-order chi connectivity index (χ0) is 15.6. The molecule has 2 nitrogen and oxygen atoms in total. The molecule has 23 heavy (non-hydrogen) atoms. The molecule has 1 saturated carbocycles. The Bertz CT molecular complexity index is 802. The quantitative estimate of drug-likeness (QED) is 0.539. The van der Waals surface area contributed by atoms with Gasteiger partial charge >= 0.3 is 0 Å². The summed E-state index contributed by atoms with van der Waals surface area (Å²) in [7, 11) is 0. The molecule has 4 rings (SSSR count).